The second-order valence-corrected chi connectivity index (χ2v) is 27.4. The van der Waals surface area contributed by atoms with Crippen molar-refractivity contribution in [3.63, 3.8) is 0 Å². The van der Waals surface area contributed by atoms with Gasteiger partial charge < -0.3 is 25.8 Å². The fourth-order valence-corrected chi connectivity index (χ4v) is 15.3. The van der Waals surface area contributed by atoms with Crippen LogP contribution < -0.4 is 9.05 Å². The van der Waals surface area contributed by atoms with E-state index in [0.717, 1.165) is 87.3 Å². The number of fused-ring (bicyclic) bond motifs is 14. The number of hydrogen-bond donors (Lipinski definition) is 0. The fourth-order valence-electron chi connectivity index (χ4n) is 12.1. The molecule has 0 aliphatic heterocycles. The molecule has 0 unspecified atom stereocenters. The van der Waals surface area contributed by atoms with Crippen molar-refractivity contribution in [1.82, 2.24) is 0 Å². The maximum Gasteiger partial charge on any atom is 0.453 e. The summed E-state index contributed by atoms with van der Waals surface area (Å²) in [5.74, 6) is 1.28. The van der Waals surface area contributed by atoms with Crippen LogP contribution >= 0.6 is 28.2 Å². The zero-order valence-electron chi connectivity index (χ0n) is 45.5. The van der Waals surface area contributed by atoms with E-state index in [0.29, 0.717) is 33.8 Å². The number of benzene rings is 10. The van der Waals surface area contributed by atoms with Crippen molar-refractivity contribution in [1.29, 1.82) is 0 Å². The summed E-state index contributed by atoms with van der Waals surface area (Å²) < 4.78 is 42.3. The van der Waals surface area contributed by atoms with Crippen LogP contribution in [0.3, 0.4) is 0 Å². The van der Waals surface area contributed by atoms with Gasteiger partial charge in [-0.2, -0.15) is 0 Å². The second-order valence-electron chi connectivity index (χ2n) is 24.3. The van der Waals surface area contributed by atoms with E-state index in [-0.39, 0.29) is 21.7 Å². The van der Waals surface area contributed by atoms with Gasteiger partial charge in [0.2, 0.25) is 0 Å². The van der Waals surface area contributed by atoms with E-state index in [4.69, 9.17) is 25.8 Å². The second kappa shape index (κ2) is 19.5. The average molecular weight is 1070 g/mol. The van der Waals surface area contributed by atoms with E-state index in [9.17, 15) is 0 Å². The van der Waals surface area contributed by atoms with Crippen molar-refractivity contribution in [3.8, 4) is 11.5 Å². The molecule has 0 aliphatic carbocycles. The van der Waals surface area contributed by atoms with Gasteiger partial charge >= 0.3 is 16.5 Å². The van der Waals surface area contributed by atoms with Gasteiger partial charge in [-0.1, -0.05) is 214 Å². The van der Waals surface area contributed by atoms with Crippen LogP contribution in [0.25, 0.3) is 87.0 Å². The van der Waals surface area contributed by atoms with Gasteiger partial charge in [0.15, 0.2) is 11.5 Å². The van der Waals surface area contributed by atoms with Gasteiger partial charge in [-0.15, -0.1) is 0 Å². The molecule has 9 heteroatoms. The molecule has 0 bridgehead atoms. The van der Waals surface area contributed by atoms with Crippen LogP contribution in [-0.4, -0.2) is 0 Å². The predicted octanol–water partition coefficient (Wildman–Crippen LogP) is 22.8. The van der Waals surface area contributed by atoms with Crippen molar-refractivity contribution in [2.24, 2.45) is 10.8 Å². The molecule has 0 amide bonds. The average Bonchev–Trinajstić information content (AvgIpc) is 3.68. The molecule has 0 saturated carbocycles. The molecule has 0 N–H and O–H groups in total. The lowest BCUT2D eigenvalue weighted by Crippen LogP contribution is -2.25. The van der Waals surface area contributed by atoms with Gasteiger partial charge in [0, 0.05) is 21.5 Å². The number of hydrogen-bond acceptors (Lipinski definition) is 7. The SMILES string of the molecule is CC(C)(C)CC(C)(C)c1ccc(Op2oc3ccc4ccccc4c3c3c(ccc4ccccc43)o2)c(Sc2cc(C(C)(C)CC(C)(C)C)ccc2Op2oc3ccc4ccccc4c3c3c(ccc4ccccc43)o2)c1. The lowest BCUT2D eigenvalue weighted by molar-refractivity contribution is 0.283. The standard InChI is InChI=1S/C68H64O6P2S/c1-65(2,3)41-67(7,8)47-31-37-53(69-75-71-55-33-27-43-19-11-15-23-49(43)61(55)62-50-24-16-12-20-44(50)28-34-56(62)72-75)59(39-47)77-60-40-48(68(9,10)42-66(4,5)6)32-38-54(60)70-76-73-57-35-29-45-21-13-17-25-51(45)63(57)64-52-26-18-14-22-46(52)30-36-58(64)74-76/h11-40H,41-42H2,1-10H3. The highest BCUT2D eigenvalue weighted by molar-refractivity contribution is 7.99. The molecule has 12 aromatic rings. The molecular formula is C68H64O6P2S. The molecule has 0 saturated heterocycles. The molecule has 2 aromatic heterocycles. The molecule has 0 atom stereocenters. The summed E-state index contributed by atoms with van der Waals surface area (Å²) in [6.45, 7) is 23.2. The van der Waals surface area contributed by atoms with Crippen molar-refractivity contribution >= 4 is 115 Å². The monoisotopic (exact) mass is 1070 g/mol. The van der Waals surface area contributed by atoms with Crippen LogP contribution in [0.15, 0.2) is 209 Å². The molecular weight excluding hydrogens is 1010 g/mol. The first-order valence-corrected chi connectivity index (χ1v) is 29.6. The highest BCUT2D eigenvalue weighted by Crippen LogP contribution is 2.51. The lowest BCUT2D eigenvalue weighted by atomic mass is 9.72. The Bertz CT molecular complexity index is 3890. The first-order valence-electron chi connectivity index (χ1n) is 26.6. The van der Waals surface area contributed by atoms with Crippen LogP contribution in [0, 0.1) is 10.8 Å². The predicted molar refractivity (Wildman–Crippen MR) is 326 cm³/mol. The fraction of sp³-hybridized carbons (Fsp3) is 0.235. The summed E-state index contributed by atoms with van der Waals surface area (Å²) >= 11 is 1.62. The van der Waals surface area contributed by atoms with Crippen LogP contribution in [0.5, 0.6) is 11.5 Å². The van der Waals surface area contributed by atoms with E-state index in [1.807, 2.05) is 0 Å². The molecule has 0 fully saturated rings. The lowest BCUT2D eigenvalue weighted by Gasteiger charge is -2.33. The van der Waals surface area contributed by atoms with Gasteiger partial charge in [-0.3, -0.25) is 0 Å². The topological polar surface area (TPSA) is 71.0 Å². The van der Waals surface area contributed by atoms with Crippen LogP contribution in [-0.2, 0) is 10.8 Å². The number of rotatable bonds is 10. The zero-order chi connectivity index (χ0) is 53.4. The van der Waals surface area contributed by atoms with Crippen molar-refractivity contribution in [3.05, 3.63) is 193 Å². The van der Waals surface area contributed by atoms with E-state index in [1.54, 1.807) is 11.8 Å². The molecule has 12 rings (SSSR count). The minimum Gasteiger partial charge on any atom is -0.390 e. The van der Waals surface area contributed by atoms with E-state index >= 15 is 0 Å². The third kappa shape index (κ3) is 10.1. The van der Waals surface area contributed by atoms with Gasteiger partial charge in [0.1, 0.15) is 22.3 Å². The summed E-state index contributed by atoms with van der Waals surface area (Å²) in [4.78, 5) is 1.81. The van der Waals surface area contributed by atoms with Gasteiger partial charge in [-0.05, 0) is 137 Å². The largest absolute Gasteiger partial charge is 0.453 e. The summed E-state index contributed by atoms with van der Waals surface area (Å²) in [7, 11) is -4.06. The van der Waals surface area contributed by atoms with Crippen LogP contribution in [0.4, 0.5) is 0 Å². The molecule has 0 aliphatic rings. The molecule has 6 nitrogen and oxygen atoms in total. The van der Waals surface area contributed by atoms with Crippen molar-refractivity contribution < 1.29 is 25.8 Å². The summed E-state index contributed by atoms with van der Waals surface area (Å²) in [5.41, 5.74) is 5.04. The molecule has 2 heterocycles. The quantitative estimate of drug-likeness (QED) is 0.135. The smallest absolute Gasteiger partial charge is 0.390 e. The maximum atomic E-state index is 7.18. The third-order valence-electron chi connectivity index (χ3n) is 14.7. The first-order chi connectivity index (χ1) is 36.8. The molecule has 0 spiro atoms. The minimum absolute atomic E-state index is 0.0804. The minimum atomic E-state index is -2.03. The Kier molecular flexibility index (Phi) is 12.8. The molecule has 388 valence electrons. The Morgan fingerprint density at radius 3 is 0.922 bits per heavy atom. The van der Waals surface area contributed by atoms with Crippen molar-refractivity contribution in [2.75, 3.05) is 0 Å². The van der Waals surface area contributed by atoms with E-state index in [2.05, 4.69) is 251 Å². The summed E-state index contributed by atoms with van der Waals surface area (Å²) in [6, 6.07) is 63.7. The highest BCUT2D eigenvalue weighted by atomic mass is 32.2. The Hall–Kier alpha value is -7.01. The first kappa shape index (κ1) is 50.8. The molecule has 0 radical (unpaired) electrons. The Balaban J connectivity index is 1.06. The summed E-state index contributed by atoms with van der Waals surface area (Å²) in [6.07, 6.45) is 1.94. The molecule has 77 heavy (non-hydrogen) atoms. The Morgan fingerprint density at radius 2 is 0.636 bits per heavy atom. The Labute approximate surface area is 456 Å². The normalized spacial score (nSPS) is 12.7. The Morgan fingerprint density at radius 1 is 0.351 bits per heavy atom. The van der Waals surface area contributed by atoms with Crippen molar-refractivity contribution in [2.45, 2.75) is 103 Å². The van der Waals surface area contributed by atoms with Gasteiger partial charge in [0.05, 0.1) is 9.79 Å². The highest BCUT2D eigenvalue weighted by Gasteiger charge is 2.31. The van der Waals surface area contributed by atoms with Crippen LogP contribution in [0.2, 0.25) is 0 Å². The van der Waals surface area contributed by atoms with Crippen LogP contribution in [0.1, 0.15) is 93.2 Å². The zero-order valence-corrected chi connectivity index (χ0v) is 48.1. The summed E-state index contributed by atoms with van der Waals surface area (Å²) in [5, 5.41) is 12.8. The van der Waals surface area contributed by atoms with Gasteiger partial charge in [0.25, 0.3) is 0 Å². The van der Waals surface area contributed by atoms with Gasteiger partial charge in [-0.25, -0.2) is 0 Å². The third-order valence-corrected chi connectivity index (χ3v) is 17.9. The molecule has 10 aromatic carbocycles. The van der Waals surface area contributed by atoms with E-state index in [1.165, 1.54) is 11.1 Å². The van der Waals surface area contributed by atoms with E-state index < -0.39 is 16.5 Å². The maximum absolute atomic E-state index is 7.18.